The zero-order valence-corrected chi connectivity index (χ0v) is 22.4. The molecule has 2 aromatic rings. The Morgan fingerprint density at radius 1 is 1.03 bits per heavy atom. The minimum absolute atomic E-state index is 0.288. The van der Waals surface area contributed by atoms with Crippen LogP contribution < -0.4 is 5.32 Å². The maximum Gasteiger partial charge on any atom is 0.162 e. The van der Waals surface area contributed by atoms with Gasteiger partial charge in [0.25, 0.3) is 0 Å². The summed E-state index contributed by atoms with van der Waals surface area (Å²) in [5.74, 6) is 0.587. The highest BCUT2D eigenvalue weighted by atomic mass is 19.1. The molecule has 198 valence electrons. The number of piperidine rings is 1. The summed E-state index contributed by atoms with van der Waals surface area (Å²) in [6.07, 6.45) is 12.5. The third kappa shape index (κ3) is 10.6. The van der Waals surface area contributed by atoms with Gasteiger partial charge in [-0.05, 0) is 106 Å². The highest BCUT2D eigenvalue weighted by Crippen LogP contribution is 2.24. The maximum atomic E-state index is 12.9. The van der Waals surface area contributed by atoms with Gasteiger partial charge in [0.2, 0.25) is 0 Å². The number of benzene rings is 2. The van der Waals surface area contributed by atoms with Crippen LogP contribution in [0.15, 0.2) is 90.8 Å². The van der Waals surface area contributed by atoms with Gasteiger partial charge >= 0.3 is 0 Å². The lowest BCUT2D eigenvalue weighted by atomic mass is 9.90. The lowest BCUT2D eigenvalue weighted by Crippen LogP contribution is -2.34. The normalized spacial score (nSPS) is 17.0. The first-order chi connectivity index (χ1) is 18.0. The van der Waals surface area contributed by atoms with Crippen molar-refractivity contribution < 1.29 is 9.18 Å². The number of rotatable bonds is 9. The molecule has 0 saturated carbocycles. The van der Waals surface area contributed by atoms with Gasteiger partial charge in [0, 0.05) is 18.5 Å². The molecule has 4 rings (SSSR count). The Hall–Kier alpha value is -2.82. The van der Waals surface area contributed by atoms with Crippen molar-refractivity contribution in [1.82, 2.24) is 10.2 Å². The number of fused-ring (bicyclic) bond motifs is 1. The van der Waals surface area contributed by atoms with Crippen molar-refractivity contribution in [3.63, 3.8) is 0 Å². The average molecular weight is 503 g/mol. The number of Topliss-reactive ketones (excluding diaryl/α,β-unsaturated/α-hetero) is 1. The summed E-state index contributed by atoms with van der Waals surface area (Å²) in [6.45, 7) is 10.3. The van der Waals surface area contributed by atoms with E-state index in [0.29, 0.717) is 12.3 Å². The monoisotopic (exact) mass is 502 g/mol. The minimum atomic E-state index is -0.407. The summed E-state index contributed by atoms with van der Waals surface area (Å²) in [5.41, 5.74) is 4.74. The van der Waals surface area contributed by atoms with Crippen molar-refractivity contribution in [3.8, 4) is 0 Å². The largest absolute Gasteiger partial charge is 0.316 e. The number of ketones is 1. The van der Waals surface area contributed by atoms with Gasteiger partial charge in [-0.3, -0.25) is 9.69 Å². The Morgan fingerprint density at radius 2 is 1.68 bits per heavy atom. The third-order valence-corrected chi connectivity index (χ3v) is 7.32. The molecule has 1 saturated heterocycles. The van der Waals surface area contributed by atoms with E-state index in [1.165, 1.54) is 30.0 Å². The highest BCUT2D eigenvalue weighted by molar-refractivity contribution is 5.96. The van der Waals surface area contributed by atoms with Crippen molar-refractivity contribution in [2.24, 2.45) is 5.92 Å². The van der Waals surface area contributed by atoms with Gasteiger partial charge in [0.1, 0.15) is 5.83 Å². The molecule has 0 unspecified atom stereocenters. The standard InChI is InChI=1S/C27H37FN2O.C6H6/c1-3-22(8-7-21(2)28)20-30-17-13-23(14-18-30)5-4-6-27(31)26-10-9-24-11-15-29-16-12-25(24)19-26;1-2-4-6-5-3-1/h3,7-10,19,23,29H,2,4-6,11-18,20H2,1H3;1-6H/b8-7-,22-3+;. The predicted molar refractivity (Wildman–Crippen MR) is 154 cm³/mol. The van der Waals surface area contributed by atoms with Crippen LogP contribution in [0.1, 0.15) is 60.5 Å². The first-order valence-corrected chi connectivity index (χ1v) is 13.8. The molecule has 0 radical (unpaired) electrons. The van der Waals surface area contributed by atoms with Crippen LogP contribution in [-0.2, 0) is 12.8 Å². The van der Waals surface area contributed by atoms with E-state index in [4.69, 9.17) is 0 Å². The van der Waals surface area contributed by atoms with Gasteiger partial charge in [0.15, 0.2) is 5.78 Å². The number of hydrogen-bond donors (Lipinski definition) is 1. The van der Waals surface area contributed by atoms with Gasteiger partial charge < -0.3 is 5.32 Å². The molecule has 0 spiro atoms. The van der Waals surface area contributed by atoms with Crippen LogP contribution in [0.5, 0.6) is 0 Å². The SMILES string of the molecule is C=C(F)/C=C\C(=C/C)CN1CCC(CCCC(=O)c2ccc3c(c2)CCNCC3)CC1.c1ccccc1. The Balaban J connectivity index is 0.000000555. The summed E-state index contributed by atoms with van der Waals surface area (Å²) in [5, 5.41) is 3.43. The Kier molecular flexibility index (Phi) is 12.5. The second-order valence-electron chi connectivity index (χ2n) is 10.1. The zero-order valence-electron chi connectivity index (χ0n) is 22.4. The fourth-order valence-electron chi connectivity index (χ4n) is 5.06. The topological polar surface area (TPSA) is 32.3 Å². The van der Waals surface area contributed by atoms with Crippen LogP contribution >= 0.6 is 0 Å². The van der Waals surface area contributed by atoms with E-state index in [-0.39, 0.29) is 5.78 Å². The fraction of sp³-hybridized carbons (Fsp3) is 0.424. The van der Waals surface area contributed by atoms with Crippen molar-refractivity contribution >= 4 is 5.78 Å². The fourth-order valence-corrected chi connectivity index (χ4v) is 5.06. The molecule has 3 nitrogen and oxygen atoms in total. The molecule has 0 amide bonds. The van der Waals surface area contributed by atoms with Crippen LogP contribution in [0.25, 0.3) is 0 Å². The van der Waals surface area contributed by atoms with Gasteiger partial charge in [-0.2, -0.15) is 0 Å². The second kappa shape index (κ2) is 16.1. The molecular formula is C33H43FN2O. The summed E-state index contributed by atoms with van der Waals surface area (Å²) in [7, 11) is 0. The van der Waals surface area contributed by atoms with E-state index < -0.39 is 5.83 Å². The molecule has 2 aliphatic rings. The molecule has 2 aliphatic heterocycles. The Labute approximate surface area is 223 Å². The molecular weight excluding hydrogens is 459 g/mol. The lowest BCUT2D eigenvalue weighted by Gasteiger charge is -2.32. The van der Waals surface area contributed by atoms with E-state index in [2.05, 4.69) is 28.9 Å². The first-order valence-electron chi connectivity index (χ1n) is 13.8. The van der Waals surface area contributed by atoms with E-state index in [0.717, 1.165) is 69.5 Å². The smallest absolute Gasteiger partial charge is 0.162 e. The molecule has 4 heteroatoms. The van der Waals surface area contributed by atoms with Gasteiger partial charge in [0.05, 0.1) is 0 Å². The van der Waals surface area contributed by atoms with Crippen molar-refractivity contribution in [1.29, 1.82) is 0 Å². The summed E-state index contributed by atoms with van der Waals surface area (Å²) in [4.78, 5) is 15.1. The Bertz CT molecular complexity index is 1010. The van der Waals surface area contributed by atoms with Crippen LogP contribution in [0.4, 0.5) is 4.39 Å². The molecule has 37 heavy (non-hydrogen) atoms. The van der Waals surface area contributed by atoms with Gasteiger partial charge in [-0.1, -0.05) is 67.3 Å². The van der Waals surface area contributed by atoms with Gasteiger partial charge in [-0.15, -0.1) is 0 Å². The number of nitrogens with one attached hydrogen (secondary N) is 1. The maximum absolute atomic E-state index is 12.9. The first kappa shape index (κ1) is 28.7. The molecule has 0 aromatic heterocycles. The van der Waals surface area contributed by atoms with Gasteiger partial charge in [-0.25, -0.2) is 4.39 Å². The van der Waals surface area contributed by atoms with E-state index >= 15 is 0 Å². The molecule has 1 N–H and O–H groups in total. The predicted octanol–water partition coefficient (Wildman–Crippen LogP) is 7.11. The number of allylic oxidation sites excluding steroid dienone is 3. The third-order valence-electron chi connectivity index (χ3n) is 7.32. The zero-order chi connectivity index (χ0) is 26.3. The van der Waals surface area contributed by atoms with Crippen molar-refractivity contribution in [3.05, 3.63) is 107 Å². The number of nitrogens with zero attached hydrogens (tertiary/aromatic N) is 1. The number of likely N-dealkylation sites (tertiary alicyclic amines) is 1. The van der Waals surface area contributed by atoms with E-state index in [1.54, 1.807) is 0 Å². The average Bonchev–Trinajstić information content (AvgIpc) is 3.18. The molecule has 0 atom stereocenters. The highest BCUT2D eigenvalue weighted by Gasteiger charge is 2.20. The summed E-state index contributed by atoms with van der Waals surface area (Å²) >= 11 is 0. The Morgan fingerprint density at radius 3 is 2.30 bits per heavy atom. The summed E-state index contributed by atoms with van der Waals surface area (Å²) < 4.78 is 12.9. The molecule has 2 heterocycles. The van der Waals surface area contributed by atoms with Crippen molar-refractivity contribution in [2.45, 2.75) is 51.9 Å². The number of carbonyl (C=O) groups is 1. The van der Waals surface area contributed by atoms with Crippen LogP contribution in [-0.4, -0.2) is 43.4 Å². The van der Waals surface area contributed by atoms with Crippen LogP contribution in [0.3, 0.4) is 0 Å². The molecule has 2 aromatic carbocycles. The number of carbonyl (C=O) groups excluding carboxylic acids is 1. The lowest BCUT2D eigenvalue weighted by molar-refractivity contribution is 0.0974. The molecule has 1 fully saturated rings. The van der Waals surface area contributed by atoms with Crippen molar-refractivity contribution in [2.75, 3.05) is 32.7 Å². The van der Waals surface area contributed by atoms with Crippen LogP contribution in [0, 0.1) is 5.92 Å². The van der Waals surface area contributed by atoms with E-state index in [1.807, 2.05) is 61.5 Å². The number of hydrogen-bond acceptors (Lipinski definition) is 3. The summed E-state index contributed by atoms with van der Waals surface area (Å²) in [6, 6.07) is 18.3. The van der Waals surface area contributed by atoms with Crippen LogP contribution in [0.2, 0.25) is 0 Å². The second-order valence-corrected chi connectivity index (χ2v) is 10.1. The van der Waals surface area contributed by atoms with E-state index in [9.17, 15) is 9.18 Å². The molecule has 0 bridgehead atoms. The molecule has 0 aliphatic carbocycles. The number of halogens is 1. The quantitative estimate of drug-likeness (QED) is 0.293. The minimum Gasteiger partial charge on any atom is -0.316 e.